The first-order valence-corrected chi connectivity index (χ1v) is 6.69. The average molecular weight is 327 g/mol. The summed E-state index contributed by atoms with van der Waals surface area (Å²) in [7, 11) is 0. The normalized spacial score (nSPS) is 17.9. The van der Waals surface area contributed by atoms with Crippen molar-refractivity contribution in [3.8, 4) is 0 Å². The van der Waals surface area contributed by atoms with Crippen LogP contribution in [0, 0.1) is 0 Å². The van der Waals surface area contributed by atoms with Crippen LogP contribution in [0.2, 0.25) is 0 Å². The predicted molar refractivity (Wildman–Crippen MR) is 72.2 cm³/mol. The van der Waals surface area contributed by atoms with Crippen LogP contribution in [-0.4, -0.2) is 27.4 Å². The number of hydrogen-bond acceptors (Lipinski definition) is 4. The molecule has 9 heteroatoms. The monoisotopic (exact) mass is 327 g/mol. The van der Waals surface area contributed by atoms with Crippen LogP contribution in [0.5, 0.6) is 0 Å². The molecule has 0 aliphatic carbocycles. The van der Waals surface area contributed by atoms with Crippen LogP contribution in [0.1, 0.15) is 25.3 Å². The van der Waals surface area contributed by atoms with E-state index in [-0.39, 0.29) is 23.5 Å². The molecule has 23 heavy (non-hydrogen) atoms. The molecule has 0 unspecified atom stereocenters. The Morgan fingerprint density at radius 3 is 2.57 bits per heavy atom. The van der Waals surface area contributed by atoms with Gasteiger partial charge in [-0.25, -0.2) is 9.78 Å². The molecule has 0 bridgehead atoms. The molecule has 1 aliphatic heterocycles. The topological polar surface area (TPSA) is 75.4 Å². The molecular weight excluding hydrogens is 315 g/mol. The molecule has 1 N–H and O–H groups in total. The SMILES string of the molecule is CC1(C)NC(=O)N(Cc2nc3cc(C(F)(F)F)ccc3o2)C1=O. The van der Waals surface area contributed by atoms with Gasteiger partial charge in [-0.3, -0.25) is 9.69 Å². The van der Waals surface area contributed by atoms with Crippen LogP contribution in [0.15, 0.2) is 22.6 Å². The summed E-state index contributed by atoms with van der Waals surface area (Å²) in [4.78, 5) is 28.7. The van der Waals surface area contributed by atoms with Crippen molar-refractivity contribution in [1.29, 1.82) is 0 Å². The van der Waals surface area contributed by atoms with Gasteiger partial charge >= 0.3 is 12.2 Å². The van der Waals surface area contributed by atoms with Gasteiger partial charge in [0.1, 0.15) is 17.6 Å². The van der Waals surface area contributed by atoms with Crippen molar-refractivity contribution >= 4 is 23.0 Å². The van der Waals surface area contributed by atoms with Crippen molar-refractivity contribution in [3.63, 3.8) is 0 Å². The molecule has 1 saturated heterocycles. The summed E-state index contributed by atoms with van der Waals surface area (Å²) in [5.41, 5.74) is -1.71. The number of hydrogen-bond donors (Lipinski definition) is 1. The van der Waals surface area contributed by atoms with E-state index in [0.29, 0.717) is 0 Å². The molecule has 0 radical (unpaired) electrons. The Morgan fingerprint density at radius 1 is 1.30 bits per heavy atom. The molecule has 1 aromatic carbocycles. The van der Waals surface area contributed by atoms with Crippen molar-refractivity contribution < 1.29 is 27.2 Å². The van der Waals surface area contributed by atoms with Crippen molar-refractivity contribution in [2.45, 2.75) is 32.1 Å². The third-order valence-corrected chi connectivity index (χ3v) is 3.50. The first-order valence-electron chi connectivity index (χ1n) is 6.69. The number of benzene rings is 1. The van der Waals surface area contributed by atoms with E-state index in [1.807, 2.05) is 0 Å². The van der Waals surface area contributed by atoms with E-state index in [1.165, 1.54) is 0 Å². The van der Waals surface area contributed by atoms with Crippen molar-refractivity contribution in [3.05, 3.63) is 29.7 Å². The minimum Gasteiger partial charge on any atom is -0.439 e. The fourth-order valence-corrected chi connectivity index (χ4v) is 2.32. The highest BCUT2D eigenvalue weighted by Gasteiger charge is 2.44. The molecule has 1 aromatic heterocycles. The largest absolute Gasteiger partial charge is 0.439 e. The first kappa shape index (κ1) is 15.3. The lowest BCUT2D eigenvalue weighted by atomic mass is 10.1. The predicted octanol–water partition coefficient (Wildman–Crippen LogP) is 2.68. The smallest absolute Gasteiger partial charge is 0.416 e. The van der Waals surface area contributed by atoms with Crippen molar-refractivity contribution in [2.24, 2.45) is 0 Å². The van der Waals surface area contributed by atoms with E-state index < -0.39 is 29.2 Å². The number of fused-ring (bicyclic) bond motifs is 1. The van der Waals surface area contributed by atoms with Crippen molar-refractivity contribution in [2.75, 3.05) is 0 Å². The van der Waals surface area contributed by atoms with E-state index in [4.69, 9.17) is 4.42 Å². The maximum absolute atomic E-state index is 12.7. The van der Waals surface area contributed by atoms with Crippen LogP contribution in [0.25, 0.3) is 11.1 Å². The van der Waals surface area contributed by atoms with Crippen LogP contribution in [-0.2, 0) is 17.5 Å². The number of carbonyl (C=O) groups is 2. The number of nitrogens with one attached hydrogen (secondary N) is 1. The number of halogens is 3. The molecule has 2 aromatic rings. The fraction of sp³-hybridized carbons (Fsp3) is 0.357. The number of alkyl halides is 3. The molecule has 2 heterocycles. The van der Waals surface area contributed by atoms with Crippen LogP contribution in [0.3, 0.4) is 0 Å². The Balaban J connectivity index is 1.90. The lowest BCUT2D eigenvalue weighted by Crippen LogP contribution is -2.40. The number of imide groups is 1. The number of amides is 3. The summed E-state index contributed by atoms with van der Waals surface area (Å²) in [6.45, 7) is 2.86. The molecule has 1 fully saturated rings. The van der Waals surface area contributed by atoms with E-state index in [0.717, 1.165) is 23.1 Å². The number of oxazole rings is 1. The Bertz CT molecular complexity index is 810. The number of nitrogens with zero attached hydrogens (tertiary/aromatic N) is 2. The molecule has 1 aliphatic rings. The maximum Gasteiger partial charge on any atom is 0.416 e. The number of rotatable bonds is 2. The second kappa shape index (κ2) is 4.71. The van der Waals surface area contributed by atoms with Gasteiger partial charge in [0.2, 0.25) is 5.89 Å². The third-order valence-electron chi connectivity index (χ3n) is 3.50. The summed E-state index contributed by atoms with van der Waals surface area (Å²) < 4.78 is 43.3. The standard InChI is InChI=1S/C14H12F3N3O3/c1-13(2)11(21)20(12(22)19-13)6-10-18-8-5-7(14(15,16)17)3-4-9(8)23-10/h3-5H,6H2,1-2H3,(H,19,22). The lowest BCUT2D eigenvalue weighted by Gasteiger charge is -2.14. The zero-order valence-electron chi connectivity index (χ0n) is 12.2. The van der Waals surface area contributed by atoms with Crippen LogP contribution in [0.4, 0.5) is 18.0 Å². The molecular formula is C14H12F3N3O3. The van der Waals surface area contributed by atoms with Crippen LogP contribution >= 0.6 is 0 Å². The third kappa shape index (κ3) is 2.62. The Morgan fingerprint density at radius 2 is 2.00 bits per heavy atom. The van der Waals surface area contributed by atoms with E-state index in [1.54, 1.807) is 13.8 Å². The van der Waals surface area contributed by atoms with Crippen molar-refractivity contribution in [1.82, 2.24) is 15.2 Å². The average Bonchev–Trinajstić information content (AvgIpc) is 2.91. The number of carbonyl (C=O) groups excluding carboxylic acids is 2. The van der Waals surface area contributed by atoms with E-state index in [9.17, 15) is 22.8 Å². The zero-order chi connectivity index (χ0) is 17.0. The zero-order valence-corrected chi connectivity index (χ0v) is 12.2. The molecule has 3 amide bonds. The molecule has 0 saturated carbocycles. The van der Waals surface area contributed by atoms with Gasteiger partial charge in [0.15, 0.2) is 5.58 Å². The second-order valence-corrected chi connectivity index (χ2v) is 5.73. The Labute approximate surface area is 128 Å². The number of aromatic nitrogens is 1. The lowest BCUT2D eigenvalue weighted by molar-refractivity contribution is -0.137. The van der Waals surface area contributed by atoms with Gasteiger partial charge in [0.25, 0.3) is 5.91 Å². The van der Waals surface area contributed by atoms with Gasteiger partial charge in [0, 0.05) is 0 Å². The Kier molecular flexibility index (Phi) is 3.13. The summed E-state index contributed by atoms with van der Waals surface area (Å²) in [6, 6.07) is 2.30. The molecule has 0 spiro atoms. The second-order valence-electron chi connectivity index (χ2n) is 5.73. The summed E-state index contributed by atoms with van der Waals surface area (Å²) in [6.07, 6.45) is -4.48. The van der Waals surface area contributed by atoms with Gasteiger partial charge < -0.3 is 9.73 Å². The van der Waals surface area contributed by atoms with Gasteiger partial charge in [-0.2, -0.15) is 13.2 Å². The van der Waals surface area contributed by atoms with E-state index in [2.05, 4.69) is 10.3 Å². The van der Waals surface area contributed by atoms with Gasteiger partial charge in [-0.05, 0) is 32.0 Å². The highest BCUT2D eigenvalue weighted by molar-refractivity contribution is 6.06. The minimum absolute atomic E-state index is 0.0134. The maximum atomic E-state index is 12.7. The highest BCUT2D eigenvalue weighted by atomic mass is 19.4. The van der Waals surface area contributed by atoms with Gasteiger partial charge in [0.05, 0.1) is 5.56 Å². The summed E-state index contributed by atoms with van der Waals surface area (Å²) >= 11 is 0. The van der Waals surface area contributed by atoms with Gasteiger partial charge in [-0.15, -0.1) is 0 Å². The molecule has 0 atom stereocenters. The molecule has 122 valence electrons. The summed E-state index contributed by atoms with van der Waals surface area (Å²) in [5, 5.41) is 2.50. The fourth-order valence-electron chi connectivity index (χ4n) is 2.32. The Hall–Kier alpha value is -2.58. The van der Waals surface area contributed by atoms with Crippen LogP contribution < -0.4 is 5.32 Å². The quantitative estimate of drug-likeness (QED) is 0.861. The molecule has 3 rings (SSSR count). The first-order chi connectivity index (χ1) is 10.6. The van der Waals surface area contributed by atoms with Gasteiger partial charge in [-0.1, -0.05) is 0 Å². The summed E-state index contributed by atoms with van der Waals surface area (Å²) in [5.74, 6) is -0.471. The molecule has 6 nitrogen and oxygen atoms in total. The highest BCUT2D eigenvalue weighted by Crippen LogP contribution is 2.31. The minimum atomic E-state index is -4.48. The van der Waals surface area contributed by atoms with E-state index >= 15 is 0 Å². The number of urea groups is 1.